The Balaban J connectivity index is 0.00000289. The summed E-state index contributed by atoms with van der Waals surface area (Å²) in [6, 6.07) is 0. The molecule has 1 saturated heterocycles. The van der Waals surface area contributed by atoms with Gasteiger partial charge in [0.15, 0.2) is 0 Å². The van der Waals surface area contributed by atoms with Crippen LogP contribution in [-0.4, -0.2) is 25.5 Å². The van der Waals surface area contributed by atoms with Gasteiger partial charge in [-0.25, -0.2) is 0 Å². The van der Waals surface area contributed by atoms with Crippen LogP contribution < -0.4 is 10.6 Å². The van der Waals surface area contributed by atoms with E-state index in [0.29, 0.717) is 24.2 Å². The molecule has 1 aliphatic heterocycles. The summed E-state index contributed by atoms with van der Waals surface area (Å²) >= 11 is 0. The van der Waals surface area contributed by atoms with E-state index in [1.807, 2.05) is 0 Å². The predicted octanol–water partition coefficient (Wildman–Crippen LogP) is 2.60. The van der Waals surface area contributed by atoms with E-state index >= 15 is 0 Å². The van der Waals surface area contributed by atoms with Crippen molar-refractivity contribution in [3.05, 3.63) is 0 Å². The zero-order valence-electron chi connectivity index (χ0n) is 12.0. The number of piperidine rings is 1. The molecule has 2 unspecified atom stereocenters. The van der Waals surface area contributed by atoms with Gasteiger partial charge in [-0.2, -0.15) is 0 Å². The minimum absolute atomic E-state index is 0. The molecule has 3 nitrogen and oxygen atoms in total. The third-order valence-electron chi connectivity index (χ3n) is 3.39. The van der Waals surface area contributed by atoms with Crippen molar-refractivity contribution in [1.29, 1.82) is 0 Å². The molecule has 0 aromatic rings. The van der Waals surface area contributed by atoms with E-state index in [0.717, 1.165) is 26.1 Å². The minimum atomic E-state index is 0. The Morgan fingerprint density at radius 3 is 2.67 bits per heavy atom. The fourth-order valence-electron chi connectivity index (χ4n) is 2.63. The third-order valence-corrected chi connectivity index (χ3v) is 3.39. The van der Waals surface area contributed by atoms with Gasteiger partial charge in [-0.1, -0.05) is 20.8 Å². The van der Waals surface area contributed by atoms with Gasteiger partial charge in [-0.3, -0.25) is 4.79 Å². The fourth-order valence-corrected chi connectivity index (χ4v) is 2.63. The first-order valence-corrected chi connectivity index (χ1v) is 7.05. The molecular formula is C14H29ClN2O. The zero-order chi connectivity index (χ0) is 12.7. The van der Waals surface area contributed by atoms with Crippen LogP contribution >= 0.6 is 12.4 Å². The molecule has 0 radical (unpaired) electrons. The van der Waals surface area contributed by atoms with E-state index in [1.54, 1.807) is 0 Å². The number of amides is 1. The minimum Gasteiger partial charge on any atom is -0.356 e. The highest BCUT2D eigenvalue weighted by Gasteiger charge is 2.15. The van der Waals surface area contributed by atoms with Crippen LogP contribution in [0.15, 0.2) is 0 Å². The first-order valence-electron chi connectivity index (χ1n) is 7.05. The summed E-state index contributed by atoms with van der Waals surface area (Å²) in [6.07, 6.45) is 4.30. The molecule has 0 saturated carbocycles. The van der Waals surface area contributed by atoms with Crippen LogP contribution in [0.5, 0.6) is 0 Å². The number of rotatable bonds is 6. The number of carbonyl (C=O) groups excluding carboxylic acids is 1. The van der Waals surface area contributed by atoms with E-state index in [9.17, 15) is 4.79 Å². The highest BCUT2D eigenvalue weighted by Crippen LogP contribution is 2.14. The maximum absolute atomic E-state index is 11.7. The Bertz CT molecular complexity index is 228. The van der Waals surface area contributed by atoms with Crippen LogP contribution in [0.4, 0.5) is 0 Å². The molecule has 0 spiro atoms. The largest absolute Gasteiger partial charge is 0.356 e. The molecule has 18 heavy (non-hydrogen) atoms. The van der Waals surface area contributed by atoms with E-state index in [1.165, 1.54) is 12.8 Å². The second kappa shape index (κ2) is 9.62. The van der Waals surface area contributed by atoms with Gasteiger partial charge >= 0.3 is 0 Å². The van der Waals surface area contributed by atoms with E-state index in [2.05, 4.69) is 31.4 Å². The summed E-state index contributed by atoms with van der Waals surface area (Å²) < 4.78 is 0. The third kappa shape index (κ3) is 7.93. The molecule has 1 amide bonds. The van der Waals surface area contributed by atoms with Gasteiger partial charge in [0.05, 0.1) is 0 Å². The van der Waals surface area contributed by atoms with E-state index in [-0.39, 0.29) is 18.3 Å². The second-order valence-corrected chi connectivity index (χ2v) is 5.96. The Kier molecular flexibility index (Phi) is 9.47. The van der Waals surface area contributed by atoms with Gasteiger partial charge in [-0.05, 0) is 50.1 Å². The van der Waals surface area contributed by atoms with Crippen molar-refractivity contribution in [3.63, 3.8) is 0 Å². The van der Waals surface area contributed by atoms with Crippen molar-refractivity contribution in [1.82, 2.24) is 10.6 Å². The molecule has 1 heterocycles. The van der Waals surface area contributed by atoms with Gasteiger partial charge < -0.3 is 10.6 Å². The lowest BCUT2D eigenvalue weighted by atomic mass is 9.95. The Morgan fingerprint density at radius 1 is 1.39 bits per heavy atom. The van der Waals surface area contributed by atoms with Crippen LogP contribution in [0, 0.1) is 17.8 Å². The molecule has 0 aromatic carbocycles. The lowest BCUT2D eigenvalue weighted by Gasteiger charge is -2.23. The van der Waals surface area contributed by atoms with E-state index in [4.69, 9.17) is 0 Å². The summed E-state index contributed by atoms with van der Waals surface area (Å²) in [7, 11) is 0. The molecule has 4 heteroatoms. The lowest BCUT2D eigenvalue weighted by molar-refractivity contribution is -0.122. The molecule has 108 valence electrons. The van der Waals surface area contributed by atoms with Crippen molar-refractivity contribution in [2.24, 2.45) is 17.8 Å². The first-order chi connectivity index (χ1) is 8.08. The second-order valence-electron chi connectivity index (χ2n) is 5.96. The SMILES string of the molecule is CC(C)CC(C)CC(=O)NCC1CCCNC1.Cl. The van der Waals surface area contributed by atoms with Crippen molar-refractivity contribution < 1.29 is 4.79 Å². The predicted molar refractivity (Wildman–Crippen MR) is 79.1 cm³/mol. The molecule has 2 atom stereocenters. The lowest BCUT2D eigenvalue weighted by Crippen LogP contribution is -2.38. The van der Waals surface area contributed by atoms with Crippen LogP contribution in [0.1, 0.15) is 46.5 Å². The van der Waals surface area contributed by atoms with Crippen LogP contribution in [0.2, 0.25) is 0 Å². The Morgan fingerprint density at radius 2 is 2.11 bits per heavy atom. The van der Waals surface area contributed by atoms with Crippen LogP contribution in [0.25, 0.3) is 0 Å². The van der Waals surface area contributed by atoms with Gasteiger partial charge in [0, 0.05) is 13.0 Å². The number of hydrogen-bond acceptors (Lipinski definition) is 2. The van der Waals surface area contributed by atoms with Crippen LogP contribution in [-0.2, 0) is 4.79 Å². The summed E-state index contributed by atoms with van der Waals surface area (Å²) in [5.41, 5.74) is 0. The van der Waals surface area contributed by atoms with Crippen molar-refractivity contribution in [2.75, 3.05) is 19.6 Å². The van der Waals surface area contributed by atoms with Gasteiger partial charge in [0.1, 0.15) is 0 Å². The Hall–Kier alpha value is -0.280. The van der Waals surface area contributed by atoms with Crippen molar-refractivity contribution >= 4 is 18.3 Å². The summed E-state index contributed by atoms with van der Waals surface area (Å²) in [5.74, 6) is 2.04. The normalized spacial score (nSPS) is 21.2. The zero-order valence-corrected chi connectivity index (χ0v) is 12.8. The number of nitrogens with one attached hydrogen (secondary N) is 2. The van der Waals surface area contributed by atoms with Gasteiger partial charge in [-0.15, -0.1) is 12.4 Å². The summed E-state index contributed by atoms with van der Waals surface area (Å²) in [4.78, 5) is 11.7. The molecule has 1 rings (SSSR count). The topological polar surface area (TPSA) is 41.1 Å². The number of hydrogen-bond donors (Lipinski definition) is 2. The molecule has 0 aromatic heterocycles. The maximum Gasteiger partial charge on any atom is 0.220 e. The monoisotopic (exact) mass is 276 g/mol. The number of halogens is 1. The fraction of sp³-hybridized carbons (Fsp3) is 0.929. The summed E-state index contributed by atoms with van der Waals surface area (Å²) in [6.45, 7) is 9.63. The molecule has 0 bridgehead atoms. The average Bonchev–Trinajstić information content (AvgIpc) is 2.26. The van der Waals surface area contributed by atoms with Crippen molar-refractivity contribution in [3.8, 4) is 0 Å². The van der Waals surface area contributed by atoms with Crippen LogP contribution in [0.3, 0.4) is 0 Å². The van der Waals surface area contributed by atoms with Gasteiger partial charge in [0.25, 0.3) is 0 Å². The maximum atomic E-state index is 11.7. The van der Waals surface area contributed by atoms with Gasteiger partial charge in [0.2, 0.25) is 5.91 Å². The van der Waals surface area contributed by atoms with E-state index < -0.39 is 0 Å². The molecule has 1 fully saturated rings. The standard InChI is InChI=1S/C14H28N2O.ClH/c1-11(2)7-12(3)8-14(17)16-10-13-5-4-6-15-9-13;/h11-13,15H,4-10H2,1-3H3,(H,16,17);1H. The summed E-state index contributed by atoms with van der Waals surface area (Å²) in [5, 5.41) is 6.45. The number of carbonyl (C=O) groups is 1. The molecule has 0 aliphatic carbocycles. The molecule has 1 aliphatic rings. The Labute approximate surface area is 118 Å². The highest BCUT2D eigenvalue weighted by molar-refractivity contribution is 5.85. The highest BCUT2D eigenvalue weighted by atomic mass is 35.5. The average molecular weight is 277 g/mol. The first kappa shape index (κ1) is 17.7. The smallest absolute Gasteiger partial charge is 0.220 e. The quantitative estimate of drug-likeness (QED) is 0.783. The molecule has 2 N–H and O–H groups in total. The van der Waals surface area contributed by atoms with Crippen molar-refractivity contribution in [2.45, 2.75) is 46.5 Å². The molecular weight excluding hydrogens is 248 g/mol.